The highest BCUT2D eigenvalue weighted by molar-refractivity contribution is 4.73. The Kier molecular flexibility index (Phi) is 21.0. The Balaban J connectivity index is 0. The molecule has 0 saturated heterocycles. The van der Waals surface area contributed by atoms with E-state index in [-0.39, 0.29) is 0 Å². The monoisotopic (exact) mass is 117 g/mol. The minimum atomic E-state index is 1.16. The van der Waals surface area contributed by atoms with E-state index >= 15 is 0 Å². The summed E-state index contributed by atoms with van der Waals surface area (Å²) in [4.78, 5) is 8.11. The molecule has 3 nitrogen and oxygen atoms in total. The van der Waals surface area contributed by atoms with Crippen LogP contribution in [0.15, 0.2) is 17.5 Å². The van der Waals surface area contributed by atoms with Gasteiger partial charge in [0.2, 0.25) is 0 Å². The molecule has 0 fully saturated rings. The Bertz CT molecular complexity index is 61.4. The molecule has 0 aliphatic carbocycles. The van der Waals surface area contributed by atoms with E-state index in [9.17, 15) is 0 Å². The highest BCUT2D eigenvalue weighted by atomic mass is 16.6. The number of hydrogen-bond donors (Lipinski definition) is 1. The van der Waals surface area contributed by atoms with E-state index in [4.69, 9.17) is 10.1 Å². The summed E-state index contributed by atoms with van der Waals surface area (Å²) in [5.74, 6) is 0. The summed E-state index contributed by atoms with van der Waals surface area (Å²) in [6, 6.07) is 0. The number of nitrogens with zero attached hydrogens (tertiary/aromatic N) is 1. The van der Waals surface area contributed by atoms with Crippen LogP contribution in [0.5, 0.6) is 0 Å². The molecular formula is C5H11NO2. The average molecular weight is 117 g/mol. The van der Waals surface area contributed by atoms with Gasteiger partial charge in [0, 0.05) is 0 Å². The van der Waals surface area contributed by atoms with Gasteiger partial charge in [0.15, 0.2) is 5.34 Å². The molecular weight excluding hydrogens is 106 g/mol. The minimum Gasteiger partial charge on any atom is -0.379 e. The molecule has 0 bridgehead atoms. The van der Waals surface area contributed by atoms with Crippen molar-refractivity contribution >= 4 is 0 Å². The van der Waals surface area contributed by atoms with Crippen molar-refractivity contribution in [3.63, 3.8) is 0 Å². The van der Waals surface area contributed by atoms with Crippen molar-refractivity contribution < 1.29 is 5.21 Å². The third kappa shape index (κ3) is 67.8. The molecule has 0 heterocycles. The molecule has 8 heavy (non-hydrogen) atoms. The van der Waals surface area contributed by atoms with Crippen LogP contribution in [0.25, 0.3) is 0 Å². The first kappa shape index (κ1) is 10.2. The second-order valence-corrected chi connectivity index (χ2v) is 1.06. The molecule has 0 rings (SSSR count). The van der Waals surface area contributed by atoms with Gasteiger partial charge in [-0.25, -0.2) is 0 Å². The zero-order valence-corrected chi connectivity index (χ0v) is 5.16. The van der Waals surface area contributed by atoms with Crippen molar-refractivity contribution in [1.82, 2.24) is 0 Å². The zero-order chi connectivity index (χ0) is 6.83. The van der Waals surface area contributed by atoms with E-state index in [1.807, 2.05) is 6.92 Å². The third-order valence-electron chi connectivity index (χ3n) is 0.471. The van der Waals surface area contributed by atoms with Gasteiger partial charge in [-0.2, -0.15) is 0 Å². The molecule has 0 radical (unpaired) electrons. The van der Waals surface area contributed by atoms with E-state index in [1.165, 1.54) is 5.34 Å². The highest BCUT2D eigenvalue weighted by Gasteiger charge is 1.52. The summed E-state index contributed by atoms with van der Waals surface area (Å²) in [7, 11) is 0. The van der Waals surface area contributed by atoms with E-state index in [2.05, 4.69) is 19.1 Å². The Morgan fingerprint density at radius 3 is 2.12 bits per heavy atom. The fraction of sp³-hybridized carbons (Fsp3) is 0.600. The first-order valence-electron chi connectivity index (χ1n) is 2.41. The lowest BCUT2D eigenvalue weighted by atomic mass is 10.4. The molecule has 48 valence electrons. The highest BCUT2D eigenvalue weighted by Crippen LogP contribution is 1.73. The maximum atomic E-state index is 8.11. The predicted octanol–water partition coefficient (Wildman–Crippen LogP) is 2.11. The molecule has 0 aliphatic rings. The Morgan fingerprint density at radius 2 is 2.12 bits per heavy atom. The Labute approximate surface area is 49.0 Å². The standard InChI is InChI=1S/C5H10.HNO2/c1-3-5-4-2;2-1-3/h3,5H,4H2,1-2H3;(H,2,3)/b5-3+;. The van der Waals surface area contributed by atoms with Gasteiger partial charge < -0.3 is 5.21 Å². The number of rotatable bonds is 1. The van der Waals surface area contributed by atoms with Gasteiger partial charge in [0.1, 0.15) is 0 Å². The van der Waals surface area contributed by atoms with Gasteiger partial charge in [0.25, 0.3) is 0 Å². The van der Waals surface area contributed by atoms with Crippen LogP contribution in [-0.2, 0) is 0 Å². The van der Waals surface area contributed by atoms with E-state index in [1.54, 1.807) is 0 Å². The lowest BCUT2D eigenvalue weighted by Gasteiger charge is -1.65. The summed E-state index contributed by atoms with van der Waals surface area (Å²) < 4.78 is 0. The first-order chi connectivity index (χ1) is 3.83. The van der Waals surface area contributed by atoms with Crippen LogP contribution in [0.4, 0.5) is 0 Å². The van der Waals surface area contributed by atoms with Crippen LogP contribution >= 0.6 is 0 Å². The smallest absolute Gasteiger partial charge is 0.152 e. The van der Waals surface area contributed by atoms with Crippen molar-refractivity contribution in [3.05, 3.63) is 17.1 Å². The van der Waals surface area contributed by atoms with Gasteiger partial charge in [-0.05, 0) is 13.3 Å². The van der Waals surface area contributed by atoms with Gasteiger partial charge in [-0.3, -0.25) is 0 Å². The second kappa shape index (κ2) is 16.5. The maximum absolute atomic E-state index is 8.11. The second-order valence-electron chi connectivity index (χ2n) is 1.06. The van der Waals surface area contributed by atoms with Crippen LogP contribution in [0.1, 0.15) is 20.3 Å². The van der Waals surface area contributed by atoms with Crippen molar-refractivity contribution in [2.24, 2.45) is 5.34 Å². The fourth-order valence-electron chi connectivity index (χ4n) is 0.236. The Hall–Kier alpha value is -0.860. The molecule has 0 atom stereocenters. The third-order valence-corrected chi connectivity index (χ3v) is 0.471. The zero-order valence-electron chi connectivity index (χ0n) is 5.16. The quantitative estimate of drug-likeness (QED) is 0.325. The molecule has 0 aromatic heterocycles. The molecule has 0 amide bonds. The lowest BCUT2D eigenvalue weighted by molar-refractivity contribution is 0.312. The van der Waals surface area contributed by atoms with Gasteiger partial charge in [-0.15, -0.1) is 4.91 Å². The minimum absolute atomic E-state index is 1.16. The summed E-state index contributed by atoms with van der Waals surface area (Å²) in [5, 5.41) is 7.89. The van der Waals surface area contributed by atoms with Crippen molar-refractivity contribution in [2.75, 3.05) is 0 Å². The van der Waals surface area contributed by atoms with Gasteiger partial charge in [-0.1, -0.05) is 19.1 Å². The molecule has 0 aromatic carbocycles. The summed E-state index contributed by atoms with van der Waals surface area (Å²) in [6.07, 6.45) is 5.34. The lowest BCUT2D eigenvalue weighted by Crippen LogP contribution is -1.43. The normalized spacial score (nSPS) is 7.75. The molecule has 1 N–H and O–H groups in total. The summed E-state index contributed by atoms with van der Waals surface area (Å²) in [5.41, 5.74) is 0. The average Bonchev–Trinajstić information content (AvgIpc) is 1.71. The largest absolute Gasteiger partial charge is 0.379 e. The van der Waals surface area contributed by atoms with Crippen LogP contribution < -0.4 is 0 Å². The van der Waals surface area contributed by atoms with E-state index in [0.29, 0.717) is 0 Å². The van der Waals surface area contributed by atoms with E-state index < -0.39 is 0 Å². The van der Waals surface area contributed by atoms with Crippen molar-refractivity contribution in [2.45, 2.75) is 20.3 Å². The van der Waals surface area contributed by atoms with Gasteiger partial charge >= 0.3 is 0 Å². The molecule has 0 unspecified atom stereocenters. The molecule has 3 heteroatoms. The summed E-state index contributed by atoms with van der Waals surface area (Å²) >= 11 is 0. The first-order valence-corrected chi connectivity index (χ1v) is 2.41. The molecule has 0 aliphatic heterocycles. The Morgan fingerprint density at radius 1 is 1.75 bits per heavy atom. The van der Waals surface area contributed by atoms with Crippen molar-refractivity contribution in [3.8, 4) is 0 Å². The van der Waals surface area contributed by atoms with Crippen LogP contribution in [0.2, 0.25) is 0 Å². The van der Waals surface area contributed by atoms with Crippen LogP contribution in [0.3, 0.4) is 0 Å². The summed E-state index contributed by atoms with van der Waals surface area (Å²) in [6.45, 7) is 4.16. The molecule has 0 spiro atoms. The van der Waals surface area contributed by atoms with Crippen LogP contribution in [0, 0.1) is 4.91 Å². The topological polar surface area (TPSA) is 49.7 Å². The van der Waals surface area contributed by atoms with Crippen LogP contribution in [-0.4, -0.2) is 5.21 Å². The van der Waals surface area contributed by atoms with Crippen molar-refractivity contribution in [1.29, 1.82) is 0 Å². The predicted molar refractivity (Wildman–Crippen MR) is 32.7 cm³/mol. The van der Waals surface area contributed by atoms with Gasteiger partial charge in [0.05, 0.1) is 0 Å². The molecule has 0 saturated carbocycles. The number of allylic oxidation sites excluding steroid dienone is 2. The number of hydrogen-bond acceptors (Lipinski definition) is 2. The molecule has 0 aromatic rings. The fourth-order valence-corrected chi connectivity index (χ4v) is 0.236. The maximum Gasteiger partial charge on any atom is 0.152 e. The SMILES string of the molecule is C/C=C/CC.O=NO. The van der Waals surface area contributed by atoms with E-state index in [0.717, 1.165) is 6.42 Å².